The molecular formula is C13H21N3O2. The van der Waals surface area contributed by atoms with Crippen molar-refractivity contribution in [3.05, 3.63) is 24.0 Å². The van der Waals surface area contributed by atoms with Gasteiger partial charge in [-0.3, -0.25) is 9.78 Å². The Labute approximate surface area is 108 Å². The average Bonchev–Trinajstić information content (AvgIpc) is 2.37. The maximum atomic E-state index is 11.4. The summed E-state index contributed by atoms with van der Waals surface area (Å²) in [6.07, 6.45) is 1.61. The van der Waals surface area contributed by atoms with Gasteiger partial charge in [-0.1, -0.05) is 13.8 Å². The van der Waals surface area contributed by atoms with Crippen LogP contribution in [0.3, 0.4) is 0 Å². The van der Waals surface area contributed by atoms with Crippen molar-refractivity contribution in [2.45, 2.75) is 13.8 Å². The van der Waals surface area contributed by atoms with Gasteiger partial charge in [0.15, 0.2) is 0 Å². The second kappa shape index (κ2) is 7.66. The van der Waals surface area contributed by atoms with Gasteiger partial charge in [0, 0.05) is 32.1 Å². The molecule has 0 aromatic carbocycles. The minimum absolute atomic E-state index is 0.185. The van der Waals surface area contributed by atoms with Crippen LogP contribution in [0.1, 0.15) is 24.3 Å². The van der Waals surface area contributed by atoms with Crippen LogP contribution in [-0.4, -0.2) is 37.7 Å². The molecule has 0 unspecified atom stereocenters. The third-order valence-electron chi connectivity index (χ3n) is 2.25. The highest BCUT2D eigenvalue weighted by Crippen LogP contribution is 2.07. The first-order valence-corrected chi connectivity index (χ1v) is 6.13. The van der Waals surface area contributed by atoms with E-state index in [1.807, 2.05) is 6.07 Å². The molecule has 0 saturated heterocycles. The van der Waals surface area contributed by atoms with Crippen LogP contribution in [0.2, 0.25) is 0 Å². The fourth-order valence-electron chi connectivity index (χ4n) is 1.38. The second-order valence-electron chi connectivity index (χ2n) is 4.40. The van der Waals surface area contributed by atoms with Crippen LogP contribution in [0.5, 0.6) is 0 Å². The highest BCUT2D eigenvalue weighted by Gasteiger charge is 2.04. The molecule has 0 aliphatic rings. The quantitative estimate of drug-likeness (QED) is 0.721. The topological polar surface area (TPSA) is 63.2 Å². The van der Waals surface area contributed by atoms with Gasteiger partial charge >= 0.3 is 0 Å². The summed E-state index contributed by atoms with van der Waals surface area (Å²) in [6.45, 7) is 6.36. The van der Waals surface area contributed by atoms with Crippen LogP contribution in [0.25, 0.3) is 0 Å². The van der Waals surface area contributed by atoms with E-state index in [1.54, 1.807) is 19.3 Å². The number of anilines is 1. The first kappa shape index (κ1) is 14.4. The lowest BCUT2D eigenvalue weighted by molar-refractivity contribution is 0.0958. The summed E-state index contributed by atoms with van der Waals surface area (Å²) in [5.74, 6) is 0.362. The van der Waals surface area contributed by atoms with E-state index in [-0.39, 0.29) is 5.91 Å². The molecule has 0 spiro atoms. The van der Waals surface area contributed by atoms with Gasteiger partial charge < -0.3 is 15.4 Å². The van der Waals surface area contributed by atoms with Crippen LogP contribution in [0, 0.1) is 5.92 Å². The maximum absolute atomic E-state index is 11.4. The van der Waals surface area contributed by atoms with Gasteiger partial charge in [-0.2, -0.15) is 0 Å². The predicted octanol–water partition coefficient (Wildman–Crippen LogP) is 1.53. The first-order chi connectivity index (χ1) is 8.63. The van der Waals surface area contributed by atoms with Crippen molar-refractivity contribution in [2.75, 3.05) is 32.1 Å². The Balaban J connectivity index is 2.36. The van der Waals surface area contributed by atoms with E-state index < -0.39 is 0 Å². The molecule has 1 amide bonds. The van der Waals surface area contributed by atoms with Gasteiger partial charge in [-0.15, -0.1) is 0 Å². The molecule has 1 heterocycles. The molecule has 0 radical (unpaired) electrons. The van der Waals surface area contributed by atoms with E-state index in [2.05, 4.69) is 29.5 Å². The van der Waals surface area contributed by atoms with Crippen molar-refractivity contribution in [3.63, 3.8) is 0 Å². The van der Waals surface area contributed by atoms with E-state index in [0.717, 1.165) is 12.3 Å². The van der Waals surface area contributed by atoms with Gasteiger partial charge in [0.05, 0.1) is 6.61 Å². The minimum atomic E-state index is -0.185. The molecule has 0 atom stereocenters. The lowest BCUT2D eigenvalue weighted by Crippen LogP contribution is -2.19. The lowest BCUT2D eigenvalue weighted by atomic mass is 10.2. The zero-order valence-corrected chi connectivity index (χ0v) is 11.2. The first-order valence-electron chi connectivity index (χ1n) is 6.13. The van der Waals surface area contributed by atoms with E-state index in [0.29, 0.717) is 24.8 Å². The number of amides is 1. The van der Waals surface area contributed by atoms with Crippen LogP contribution in [-0.2, 0) is 4.74 Å². The Morgan fingerprint density at radius 3 is 2.94 bits per heavy atom. The number of hydrogen-bond donors (Lipinski definition) is 2. The number of carbonyl (C=O) groups is 1. The molecule has 0 aliphatic heterocycles. The molecule has 18 heavy (non-hydrogen) atoms. The molecule has 1 aromatic rings. The SMILES string of the molecule is CNC(=O)c1cc(NCCOCC(C)C)ccn1. The summed E-state index contributed by atoms with van der Waals surface area (Å²) < 4.78 is 5.46. The van der Waals surface area contributed by atoms with Crippen LogP contribution in [0.4, 0.5) is 5.69 Å². The van der Waals surface area contributed by atoms with E-state index >= 15 is 0 Å². The van der Waals surface area contributed by atoms with E-state index in [1.165, 1.54) is 0 Å². The van der Waals surface area contributed by atoms with Gasteiger partial charge in [0.25, 0.3) is 5.91 Å². The standard InChI is InChI=1S/C13H21N3O2/c1-10(2)9-18-7-6-15-11-4-5-16-12(8-11)13(17)14-3/h4-5,8,10H,6-7,9H2,1-3H3,(H,14,17)(H,15,16). The Kier molecular flexibility index (Phi) is 6.14. The summed E-state index contributed by atoms with van der Waals surface area (Å²) in [6, 6.07) is 3.55. The number of nitrogens with one attached hydrogen (secondary N) is 2. The molecule has 100 valence electrons. The fraction of sp³-hybridized carbons (Fsp3) is 0.538. The second-order valence-corrected chi connectivity index (χ2v) is 4.40. The predicted molar refractivity (Wildman–Crippen MR) is 71.8 cm³/mol. The van der Waals surface area contributed by atoms with E-state index in [9.17, 15) is 4.79 Å². The Bertz CT molecular complexity index is 380. The van der Waals surface area contributed by atoms with Crippen molar-refractivity contribution in [3.8, 4) is 0 Å². The fourth-order valence-corrected chi connectivity index (χ4v) is 1.38. The zero-order chi connectivity index (χ0) is 13.4. The number of hydrogen-bond acceptors (Lipinski definition) is 4. The van der Waals surface area contributed by atoms with Crippen molar-refractivity contribution in [1.29, 1.82) is 0 Å². The summed E-state index contributed by atoms with van der Waals surface area (Å²) in [4.78, 5) is 15.4. The number of carbonyl (C=O) groups excluding carboxylic acids is 1. The molecule has 0 saturated carbocycles. The van der Waals surface area contributed by atoms with Crippen molar-refractivity contribution in [2.24, 2.45) is 5.92 Å². The van der Waals surface area contributed by atoms with Crippen LogP contribution in [0.15, 0.2) is 18.3 Å². The zero-order valence-electron chi connectivity index (χ0n) is 11.2. The van der Waals surface area contributed by atoms with Crippen molar-refractivity contribution < 1.29 is 9.53 Å². The third kappa shape index (κ3) is 5.14. The molecule has 1 rings (SSSR count). The van der Waals surface area contributed by atoms with Gasteiger partial charge in [0.2, 0.25) is 0 Å². The van der Waals surface area contributed by atoms with E-state index in [4.69, 9.17) is 4.74 Å². The number of rotatable bonds is 7. The molecule has 1 aromatic heterocycles. The normalized spacial score (nSPS) is 10.4. The third-order valence-corrected chi connectivity index (χ3v) is 2.25. The maximum Gasteiger partial charge on any atom is 0.269 e. The number of aromatic nitrogens is 1. The number of pyridine rings is 1. The van der Waals surface area contributed by atoms with Gasteiger partial charge in [0.1, 0.15) is 5.69 Å². The van der Waals surface area contributed by atoms with Crippen molar-refractivity contribution in [1.82, 2.24) is 10.3 Å². The Hall–Kier alpha value is -1.62. The largest absolute Gasteiger partial charge is 0.383 e. The number of nitrogens with zero attached hydrogens (tertiary/aromatic N) is 1. The molecule has 0 bridgehead atoms. The molecule has 0 fully saturated rings. The molecule has 2 N–H and O–H groups in total. The van der Waals surface area contributed by atoms with Gasteiger partial charge in [-0.05, 0) is 18.1 Å². The van der Waals surface area contributed by atoms with Crippen LogP contribution < -0.4 is 10.6 Å². The smallest absolute Gasteiger partial charge is 0.269 e. The Morgan fingerprint density at radius 1 is 1.50 bits per heavy atom. The lowest BCUT2D eigenvalue weighted by Gasteiger charge is -2.09. The monoisotopic (exact) mass is 251 g/mol. The minimum Gasteiger partial charge on any atom is -0.383 e. The van der Waals surface area contributed by atoms with Gasteiger partial charge in [-0.25, -0.2) is 0 Å². The summed E-state index contributed by atoms with van der Waals surface area (Å²) >= 11 is 0. The summed E-state index contributed by atoms with van der Waals surface area (Å²) in [5, 5.41) is 5.74. The summed E-state index contributed by atoms with van der Waals surface area (Å²) in [5.41, 5.74) is 1.28. The summed E-state index contributed by atoms with van der Waals surface area (Å²) in [7, 11) is 1.59. The van der Waals surface area contributed by atoms with Crippen LogP contribution >= 0.6 is 0 Å². The number of ether oxygens (including phenoxy) is 1. The highest BCUT2D eigenvalue weighted by molar-refractivity contribution is 5.92. The molecule has 5 heteroatoms. The molecular weight excluding hydrogens is 230 g/mol. The highest BCUT2D eigenvalue weighted by atomic mass is 16.5. The Morgan fingerprint density at radius 2 is 2.28 bits per heavy atom. The molecule has 5 nitrogen and oxygen atoms in total. The average molecular weight is 251 g/mol. The molecule has 0 aliphatic carbocycles. The van der Waals surface area contributed by atoms with Crippen molar-refractivity contribution >= 4 is 11.6 Å².